The molecule has 0 radical (unpaired) electrons. The number of aryl methyl sites for hydroxylation is 1. The van der Waals surface area contributed by atoms with E-state index in [1.165, 1.54) is 0 Å². The third-order valence-electron chi connectivity index (χ3n) is 1.45. The van der Waals surface area contributed by atoms with Crippen molar-refractivity contribution < 1.29 is 0 Å². The third-order valence-corrected chi connectivity index (χ3v) is 1.45. The Labute approximate surface area is 58.9 Å². The van der Waals surface area contributed by atoms with E-state index in [0.717, 1.165) is 17.1 Å². The van der Waals surface area contributed by atoms with E-state index in [-0.39, 0.29) is 0 Å². The van der Waals surface area contributed by atoms with Gasteiger partial charge in [-0.3, -0.25) is 15.0 Å². The number of nitrogens with zero attached hydrogens (tertiary/aromatic N) is 3. The molecule has 0 aliphatic carbocycles. The fourth-order valence-electron chi connectivity index (χ4n) is 0.979. The zero-order chi connectivity index (χ0) is 6.97. The summed E-state index contributed by atoms with van der Waals surface area (Å²) >= 11 is 0. The molecule has 0 N–H and O–H groups in total. The first-order valence-corrected chi connectivity index (χ1v) is 3.18. The van der Waals surface area contributed by atoms with E-state index < -0.39 is 0 Å². The van der Waals surface area contributed by atoms with Crippen LogP contribution in [-0.4, -0.2) is 16.2 Å². The van der Waals surface area contributed by atoms with Crippen LogP contribution >= 0.6 is 0 Å². The topological polar surface area (TPSA) is 38.1 Å². The highest BCUT2D eigenvalue weighted by molar-refractivity contribution is 5.80. The lowest BCUT2D eigenvalue weighted by Gasteiger charge is -1.94. The molecule has 0 bridgehead atoms. The fraction of sp³-hybridized carbons (Fsp3) is 0.286. The molecule has 1 aromatic rings. The Bertz CT molecular complexity index is 291. The van der Waals surface area contributed by atoms with E-state index in [2.05, 4.69) is 15.0 Å². The van der Waals surface area contributed by atoms with Crippen LogP contribution in [0.2, 0.25) is 0 Å². The SMILES string of the molecule is Cc1cnc2c(n1)CN=C2. The molecule has 1 aliphatic rings. The Balaban J connectivity index is 2.59. The second-order valence-corrected chi connectivity index (χ2v) is 2.31. The molecule has 0 saturated carbocycles. The highest BCUT2D eigenvalue weighted by Crippen LogP contribution is 2.08. The van der Waals surface area contributed by atoms with Crippen molar-refractivity contribution in [1.29, 1.82) is 0 Å². The number of aliphatic imine (C=N–C) groups is 1. The molecule has 3 nitrogen and oxygen atoms in total. The highest BCUT2D eigenvalue weighted by Gasteiger charge is 2.07. The van der Waals surface area contributed by atoms with E-state index in [1.54, 1.807) is 12.4 Å². The molecule has 2 rings (SSSR count). The van der Waals surface area contributed by atoms with E-state index in [4.69, 9.17) is 0 Å². The van der Waals surface area contributed by atoms with E-state index >= 15 is 0 Å². The lowest BCUT2D eigenvalue weighted by molar-refractivity contribution is 0.968. The van der Waals surface area contributed by atoms with Gasteiger partial charge in [0.1, 0.15) is 5.69 Å². The smallest absolute Gasteiger partial charge is 0.104 e. The third kappa shape index (κ3) is 0.708. The van der Waals surface area contributed by atoms with E-state index in [0.29, 0.717) is 6.54 Å². The van der Waals surface area contributed by atoms with Gasteiger partial charge in [-0.1, -0.05) is 0 Å². The minimum atomic E-state index is 0.698. The van der Waals surface area contributed by atoms with Crippen molar-refractivity contribution >= 4 is 6.21 Å². The van der Waals surface area contributed by atoms with Crippen molar-refractivity contribution in [3.63, 3.8) is 0 Å². The maximum Gasteiger partial charge on any atom is 0.104 e. The summed E-state index contributed by atoms with van der Waals surface area (Å²) in [5.41, 5.74) is 2.88. The standard InChI is InChI=1S/C7H7N3/c1-5-2-9-6-3-8-4-7(6)10-5/h2-3H,4H2,1H3. The minimum Gasteiger partial charge on any atom is -0.284 e. The number of rotatable bonds is 0. The summed E-state index contributed by atoms with van der Waals surface area (Å²) < 4.78 is 0. The molecular weight excluding hydrogens is 126 g/mol. The predicted octanol–water partition coefficient (Wildman–Crippen LogP) is 0.718. The molecule has 0 fully saturated rings. The molecule has 0 amide bonds. The van der Waals surface area contributed by atoms with Crippen molar-refractivity contribution in [2.24, 2.45) is 4.99 Å². The van der Waals surface area contributed by atoms with Crippen LogP contribution in [0.3, 0.4) is 0 Å². The first-order chi connectivity index (χ1) is 4.86. The van der Waals surface area contributed by atoms with Gasteiger partial charge >= 0.3 is 0 Å². The molecule has 50 valence electrons. The zero-order valence-electron chi connectivity index (χ0n) is 5.70. The van der Waals surface area contributed by atoms with Gasteiger partial charge in [-0.2, -0.15) is 0 Å². The summed E-state index contributed by atoms with van der Waals surface area (Å²) in [7, 11) is 0. The molecule has 0 atom stereocenters. The number of fused-ring (bicyclic) bond motifs is 1. The van der Waals surface area contributed by atoms with Crippen molar-refractivity contribution in [3.8, 4) is 0 Å². The van der Waals surface area contributed by atoms with Crippen molar-refractivity contribution in [2.75, 3.05) is 0 Å². The van der Waals surface area contributed by atoms with Gasteiger partial charge in [0, 0.05) is 12.4 Å². The molecule has 1 aromatic heterocycles. The molecule has 0 aromatic carbocycles. The first kappa shape index (κ1) is 5.53. The maximum atomic E-state index is 4.27. The Morgan fingerprint density at radius 2 is 2.40 bits per heavy atom. The van der Waals surface area contributed by atoms with E-state index in [9.17, 15) is 0 Å². The van der Waals surface area contributed by atoms with Crippen molar-refractivity contribution in [2.45, 2.75) is 13.5 Å². The highest BCUT2D eigenvalue weighted by atomic mass is 14.9. The molecule has 10 heavy (non-hydrogen) atoms. The Morgan fingerprint density at radius 3 is 3.30 bits per heavy atom. The molecule has 3 heteroatoms. The monoisotopic (exact) mass is 133 g/mol. The molecular formula is C7H7N3. The summed E-state index contributed by atoms with van der Waals surface area (Å²) in [5, 5.41) is 0. The van der Waals surface area contributed by atoms with Gasteiger partial charge in [-0.15, -0.1) is 0 Å². The second kappa shape index (κ2) is 1.87. The van der Waals surface area contributed by atoms with Gasteiger partial charge in [-0.05, 0) is 6.92 Å². The molecule has 0 saturated heterocycles. The maximum absolute atomic E-state index is 4.27. The average Bonchev–Trinajstić information content (AvgIpc) is 2.33. The van der Waals surface area contributed by atoms with Crippen LogP contribution in [0.25, 0.3) is 0 Å². The molecule has 2 heterocycles. The van der Waals surface area contributed by atoms with Gasteiger partial charge in [0.2, 0.25) is 0 Å². The normalized spacial score (nSPS) is 13.7. The average molecular weight is 133 g/mol. The quantitative estimate of drug-likeness (QED) is 0.523. The summed E-state index contributed by atoms with van der Waals surface area (Å²) in [6.45, 7) is 2.63. The lowest BCUT2D eigenvalue weighted by Crippen LogP contribution is -1.94. The van der Waals surface area contributed by atoms with E-state index in [1.807, 2.05) is 6.92 Å². The fourth-order valence-corrected chi connectivity index (χ4v) is 0.979. The summed E-state index contributed by atoms with van der Waals surface area (Å²) in [6.07, 6.45) is 3.53. The van der Waals surface area contributed by atoms with Crippen LogP contribution in [-0.2, 0) is 6.54 Å². The van der Waals surface area contributed by atoms with Crippen LogP contribution in [0.15, 0.2) is 11.2 Å². The van der Waals surface area contributed by atoms with Gasteiger partial charge in [-0.25, -0.2) is 0 Å². The van der Waals surface area contributed by atoms with Gasteiger partial charge in [0.15, 0.2) is 0 Å². The Morgan fingerprint density at radius 1 is 1.50 bits per heavy atom. The van der Waals surface area contributed by atoms with Crippen LogP contribution < -0.4 is 0 Å². The van der Waals surface area contributed by atoms with Crippen LogP contribution in [0.1, 0.15) is 17.1 Å². The lowest BCUT2D eigenvalue weighted by atomic mass is 10.3. The van der Waals surface area contributed by atoms with Crippen LogP contribution in [0.5, 0.6) is 0 Å². The van der Waals surface area contributed by atoms with Crippen LogP contribution in [0.4, 0.5) is 0 Å². The zero-order valence-corrected chi connectivity index (χ0v) is 5.70. The minimum absolute atomic E-state index is 0.698. The Kier molecular flexibility index (Phi) is 1.03. The van der Waals surface area contributed by atoms with Gasteiger partial charge in [0.25, 0.3) is 0 Å². The number of hydrogen-bond acceptors (Lipinski definition) is 3. The predicted molar refractivity (Wildman–Crippen MR) is 38.1 cm³/mol. The molecule has 1 aliphatic heterocycles. The Hall–Kier alpha value is -1.25. The molecule has 0 spiro atoms. The number of hydrogen-bond donors (Lipinski definition) is 0. The summed E-state index contributed by atoms with van der Waals surface area (Å²) in [5.74, 6) is 0. The number of aromatic nitrogens is 2. The second-order valence-electron chi connectivity index (χ2n) is 2.31. The van der Waals surface area contributed by atoms with Gasteiger partial charge in [0.05, 0.1) is 17.9 Å². The van der Waals surface area contributed by atoms with Crippen LogP contribution in [0, 0.1) is 6.92 Å². The van der Waals surface area contributed by atoms with Gasteiger partial charge < -0.3 is 0 Å². The first-order valence-electron chi connectivity index (χ1n) is 3.18. The largest absolute Gasteiger partial charge is 0.284 e. The van der Waals surface area contributed by atoms with Crippen molar-refractivity contribution in [1.82, 2.24) is 9.97 Å². The molecule has 0 unspecified atom stereocenters. The van der Waals surface area contributed by atoms with Crippen molar-refractivity contribution in [3.05, 3.63) is 23.3 Å². The summed E-state index contributed by atoms with van der Waals surface area (Å²) in [6, 6.07) is 0. The summed E-state index contributed by atoms with van der Waals surface area (Å²) in [4.78, 5) is 12.5.